The van der Waals surface area contributed by atoms with Crippen LogP contribution in [0.2, 0.25) is 0 Å². The quantitative estimate of drug-likeness (QED) is 0.261. The van der Waals surface area contributed by atoms with E-state index in [-0.39, 0.29) is 0 Å². The Bertz CT molecular complexity index is 1730. The fourth-order valence-electron chi connectivity index (χ4n) is 5.24. The third kappa shape index (κ3) is 2.90. The number of anilines is 3. The Hall–Kier alpha value is -4.57. The highest BCUT2D eigenvalue weighted by atomic mass is 16.6. The third-order valence-electron chi connectivity index (χ3n) is 6.76. The first kappa shape index (κ1) is 19.9. The molecule has 168 valence electrons. The number of aryl methyl sites for hydroxylation is 2. The Kier molecular flexibility index (Phi) is 4.24. The minimum Gasteiger partial charge on any atom is -0.423 e. The molecule has 1 aliphatic rings. The van der Waals surface area contributed by atoms with Gasteiger partial charge in [-0.05, 0) is 66.1 Å². The number of ether oxygens (including phenoxy) is 1. The van der Waals surface area contributed by atoms with Gasteiger partial charge in [0, 0.05) is 11.8 Å². The Morgan fingerprint density at radius 1 is 0.743 bits per heavy atom. The number of benzene rings is 4. The number of aromatic nitrogens is 1. The molecule has 0 fully saturated rings. The lowest BCUT2D eigenvalue weighted by molar-refractivity contribution is 0.358. The van der Waals surface area contributed by atoms with Crippen molar-refractivity contribution in [3.05, 3.63) is 108 Å². The monoisotopic (exact) mass is 454 g/mol. The highest BCUT2D eigenvalue weighted by Crippen LogP contribution is 2.57. The number of hydrogen-bond donors (Lipinski definition) is 0. The molecule has 6 aromatic rings. The van der Waals surface area contributed by atoms with E-state index in [9.17, 15) is 0 Å². The summed E-state index contributed by atoms with van der Waals surface area (Å²) in [6.07, 6.45) is 1.81. The Labute approximate surface area is 203 Å². The number of para-hydroxylation sites is 3. The first-order valence-corrected chi connectivity index (χ1v) is 11.7. The Balaban J connectivity index is 1.66. The zero-order valence-electron chi connectivity index (χ0n) is 19.4. The molecule has 0 amide bonds. The van der Waals surface area contributed by atoms with Gasteiger partial charge in [-0.3, -0.25) is 9.88 Å². The maximum absolute atomic E-state index is 6.57. The number of nitrogens with zero attached hydrogens (tertiary/aromatic N) is 2. The third-order valence-corrected chi connectivity index (χ3v) is 6.76. The van der Waals surface area contributed by atoms with E-state index in [1.54, 1.807) is 0 Å². The molecule has 2 aromatic heterocycles. The normalized spacial score (nSPS) is 12.5. The van der Waals surface area contributed by atoms with Crippen LogP contribution in [0.15, 0.2) is 102 Å². The van der Waals surface area contributed by atoms with Crippen LogP contribution in [0.5, 0.6) is 11.7 Å². The number of rotatable bonds is 2. The van der Waals surface area contributed by atoms with Crippen LogP contribution in [0.25, 0.3) is 33.0 Å². The highest BCUT2D eigenvalue weighted by molar-refractivity contribution is 6.20. The van der Waals surface area contributed by atoms with Gasteiger partial charge in [-0.1, -0.05) is 60.7 Å². The minimum absolute atomic E-state index is 0.495. The average molecular weight is 455 g/mol. The lowest BCUT2D eigenvalue weighted by Gasteiger charge is -2.32. The van der Waals surface area contributed by atoms with Crippen molar-refractivity contribution >= 4 is 38.8 Å². The zero-order valence-corrected chi connectivity index (χ0v) is 19.4. The molecule has 0 N–H and O–H groups in total. The van der Waals surface area contributed by atoms with Gasteiger partial charge in [0.15, 0.2) is 11.3 Å². The minimum atomic E-state index is 0.495. The summed E-state index contributed by atoms with van der Waals surface area (Å²) in [5, 5.41) is 3.27. The number of fused-ring (bicyclic) bond motifs is 6. The van der Waals surface area contributed by atoms with E-state index >= 15 is 0 Å². The van der Waals surface area contributed by atoms with Crippen molar-refractivity contribution in [2.24, 2.45) is 0 Å². The summed E-state index contributed by atoms with van der Waals surface area (Å²) >= 11 is 0. The van der Waals surface area contributed by atoms with Crippen molar-refractivity contribution in [2.45, 2.75) is 13.8 Å². The molecule has 0 bridgehead atoms. The molecule has 0 aliphatic carbocycles. The van der Waals surface area contributed by atoms with Gasteiger partial charge in [0.1, 0.15) is 5.69 Å². The molecule has 4 aromatic carbocycles. The number of furan rings is 1. The molecule has 0 saturated carbocycles. The number of hydrogen-bond acceptors (Lipinski definition) is 4. The van der Waals surface area contributed by atoms with Gasteiger partial charge >= 0.3 is 5.95 Å². The van der Waals surface area contributed by atoms with Crippen LogP contribution in [-0.2, 0) is 0 Å². The van der Waals surface area contributed by atoms with Gasteiger partial charge in [-0.15, -0.1) is 0 Å². The van der Waals surface area contributed by atoms with Gasteiger partial charge in [0.05, 0.1) is 22.5 Å². The summed E-state index contributed by atoms with van der Waals surface area (Å²) in [6.45, 7) is 4.31. The fraction of sp³-hybridized carbons (Fsp3) is 0.0645. The summed E-state index contributed by atoms with van der Waals surface area (Å²) < 4.78 is 13.0. The van der Waals surface area contributed by atoms with E-state index < -0.39 is 0 Å². The van der Waals surface area contributed by atoms with Crippen LogP contribution in [0, 0.1) is 13.8 Å². The summed E-state index contributed by atoms with van der Waals surface area (Å²) in [5.41, 5.74) is 8.01. The summed E-state index contributed by atoms with van der Waals surface area (Å²) in [5.74, 6) is 1.26. The fourth-order valence-corrected chi connectivity index (χ4v) is 5.24. The average Bonchev–Trinajstić information content (AvgIpc) is 3.27. The van der Waals surface area contributed by atoms with E-state index in [4.69, 9.17) is 9.15 Å². The Morgan fingerprint density at radius 3 is 2.34 bits per heavy atom. The van der Waals surface area contributed by atoms with Crippen LogP contribution in [-0.4, -0.2) is 4.98 Å². The Morgan fingerprint density at radius 2 is 1.51 bits per heavy atom. The molecule has 4 nitrogen and oxygen atoms in total. The molecule has 7 rings (SSSR count). The molecule has 0 spiro atoms. The van der Waals surface area contributed by atoms with Gasteiger partial charge in [-0.25, -0.2) is 0 Å². The van der Waals surface area contributed by atoms with E-state index in [0.717, 1.165) is 55.8 Å². The van der Waals surface area contributed by atoms with E-state index in [1.807, 2.05) is 42.6 Å². The molecule has 4 heteroatoms. The zero-order chi connectivity index (χ0) is 23.5. The smallest absolute Gasteiger partial charge is 0.316 e. The maximum atomic E-state index is 6.57. The van der Waals surface area contributed by atoms with Gasteiger partial charge in [-0.2, -0.15) is 0 Å². The molecule has 0 atom stereocenters. The van der Waals surface area contributed by atoms with Gasteiger partial charge < -0.3 is 9.15 Å². The van der Waals surface area contributed by atoms with E-state index in [0.29, 0.717) is 5.95 Å². The van der Waals surface area contributed by atoms with Crippen molar-refractivity contribution < 1.29 is 9.15 Å². The second kappa shape index (κ2) is 7.47. The predicted molar refractivity (Wildman–Crippen MR) is 141 cm³/mol. The molecule has 0 unspecified atom stereocenters. The number of pyridine rings is 1. The molecule has 0 radical (unpaired) electrons. The second-order valence-corrected chi connectivity index (χ2v) is 8.95. The largest absolute Gasteiger partial charge is 0.423 e. The first-order valence-electron chi connectivity index (χ1n) is 11.7. The second-order valence-electron chi connectivity index (χ2n) is 8.95. The van der Waals surface area contributed by atoms with E-state index in [1.165, 1.54) is 11.1 Å². The van der Waals surface area contributed by atoms with Crippen molar-refractivity contribution in [1.29, 1.82) is 0 Å². The maximum Gasteiger partial charge on any atom is 0.316 e. The standard InChI is InChI=1S/C31H22N2O2/c1-19-10-9-11-20(2)28(19)33-25-15-5-6-16-26(25)34-31-29(33)27-22-13-4-3-12-21(22)18-23(30(27)35-31)24-14-7-8-17-32-24/h3-18H,1-2H3. The summed E-state index contributed by atoms with van der Waals surface area (Å²) in [4.78, 5) is 6.95. The van der Waals surface area contributed by atoms with Crippen LogP contribution in [0.4, 0.5) is 17.1 Å². The molecular weight excluding hydrogens is 432 g/mol. The SMILES string of the molecule is Cc1cccc(C)c1N1c2ccccc2Oc2oc3c(-c4ccccn4)cc4ccccc4c3c21. The van der Waals surface area contributed by atoms with Crippen LogP contribution >= 0.6 is 0 Å². The molecule has 3 heterocycles. The van der Waals surface area contributed by atoms with Crippen molar-refractivity contribution in [1.82, 2.24) is 4.98 Å². The highest BCUT2D eigenvalue weighted by Gasteiger charge is 2.34. The molecule has 0 saturated heterocycles. The van der Waals surface area contributed by atoms with Crippen molar-refractivity contribution in [2.75, 3.05) is 4.90 Å². The van der Waals surface area contributed by atoms with Crippen molar-refractivity contribution in [3.8, 4) is 23.0 Å². The summed E-state index contributed by atoms with van der Waals surface area (Å²) in [6, 6.07) is 31.1. The summed E-state index contributed by atoms with van der Waals surface area (Å²) in [7, 11) is 0. The topological polar surface area (TPSA) is 38.5 Å². The molecule has 1 aliphatic heterocycles. The molecule has 35 heavy (non-hydrogen) atoms. The van der Waals surface area contributed by atoms with E-state index in [2.05, 4.69) is 78.3 Å². The van der Waals surface area contributed by atoms with Crippen LogP contribution in [0.1, 0.15) is 11.1 Å². The predicted octanol–water partition coefficient (Wildman–Crippen LogP) is 8.84. The lowest BCUT2D eigenvalue weighted by Crippen LogP contribution is -2.17. The first-order chi connectivity index (χ1) is 17.2. The van der Waals surface area contributed by atoms with Gasteiger partial charge in [0.2, 0.25) is 0 Å². The van der Waals surface area contributed by atoms with Crippen LogP contribution in [0.3, 0.4) is 0 Å². The van der Waals surface area contributed by atoms with Gasteiger partial charge in [0.25, 0.3) is 0 Å². The molecular formula is C31H22N2O2. The lowest BCUT2D eigenvalue weighted by atomic mass is 9.98. The van der Waals surface area contributed by atoms with Crippen LogP contribution < -0.4 is 9.64 Å². The van der Waals surface area contributed by atoms with Crippen molar-refractivity contribution in [3.63, 3.8) is 0 Å².